The number of pyridine rings is 1. The maximum Gasteiger partial charge on any atom is 0.287 e. The summed E-state index contributed by atoms with van der Waals surface area (Å²) in [6, 6.07) is 5.15. The van der Waals surface area contributed by atoms with Crippen molar-refractivity contribution in [3.63, 3.8) is 0 Å². The Kier molecular flexibility index (Phi) is 5.80. The number of nitrogens with zero attached hydrogens (tertiary/aromatic N) is 1. The van der Waals surface area contributed by atoms with Gasteiger partial charge in [-0.1, -0.05) is 0 Å². The Labute approximate surface area is 156 Å². The molecule has 0 spiro atoms. The minimum atomic E-state index is -0.605. The van der Waals surface area contributed by atoms with Crippen molar-refractivity contribution in [2.45, 2.75) is 0 Å². The average molecular weight is 459 g/mol. The molecule has 0 aliphatic carbocycles. The molecule has 3 aromatic rings. The number of nitrogens with one attached hydrogen (secondary N) is 3. The standard InChI is InChI=1S/C11H6IN3O3.C5H14NO/c12-4-1-2-5-6(3-4)13-8-7(9(5)16)10(17)14-15-11(8)18;1-6(2,3)4-5-7/h1-3H,(H,13,16)(H,14,17)(H,15,18);7H,4-5H2,1-3H3/q;+1. The van der Waals surface area contributed by atoms with E-state index in [1.165, 1.54) is 0 Å². The summed E-state index contributed by atoms with van der Waals surface area (Å²) in [5, 5.41) is 13.0. The smallest absolute Gasteiger partial charge is 0.287 e. The van der Waals surface area contributed by atoms with Gasteiger partial charge in [0.1, 0.15) is 17.4 Å². The first-order chi connectivity index (χ1) is 11.6. The lowest BCUT2D eigenvalue weighted by Crippen LogP contribution is -2.36. The first kappa shape index (κ1) is 19.3. The van der Waals surface area contributed by atoms with Gasteiger partial charge in [-0.15, -0.1) is 0 Å². The van der Waals surface area contributed by atoms with E-state index >= 15 is 0 Å². The van der Waals surface area contributed by atoms with Gasteiger partial charge in [-0.2, -0.15) is 0 Å². The number of aliphatic hydroxyl groups is 1. The molecule has 1 aromatic carbocycles. The van der Waals surface area contributed by atoms with E-state index in [2.05, 4.69) is 58.9 Å². The van der Waals surface area contributed by atoms with Crippen molar-refractivity contribution in [1.82, 2.24) is 15.2 Å². The number of benzene rings is 1. The van der Waals surface area contributed by atoms with Crippen molar-refractivity contribution in [3.05, 3.63) is 52.7 Å². The molecule has 8 nitrogen and oxygen atoms in total. The molecule has 25 heavy (non-hydrogen) atoms. The van der Waals surface area contributed by atoms with Crippen LogP contribution in [-0.2, 0) is 0 Å². The Hall–Kier alpha value is -1.98. The van der Waals surface area contributed by atoms with Crippen LogP contribution in [0.1, 0.15) is 0 Å². The van der Waals surface area contributed by atoms with Gasteiger partial charge < -0.3 is 14.6 Å². The van der Waals surface area contributed by atoms with Gasteiger partial charge in [0.2, 0.25) is 5.43 Å². The fraction of sp³-hybridized carbons (Fsp3) is 0.312. The number of likely N-dealkylation sites (N-methyl/N-ethyl adjacent to an activating group) is 1. The van der Waals surface area contributed by atoms with Gasteiger partial charge in [0.15, 0.2) is 0 Å². The highest BCUT2D eigenvalue weighted by Gasteiger charge is 2.11. The summed E-state index contributed by atoms with van der Waals surface area (Å²) in [6.45, 7) is 1.11. The maximum absolute atomic E-state index is 12.2. The van der Waals surface area contributed by atoms with Crippen molar-refractivity contribution in [2.24, 2.45) is 0 Å². The first-order valence-electron chi connectivity index (χ1n) is 7.51. The molecule has 0 saturated heterocycles. The molecule has 0 amide bonds. The Bertz CT molecular complexity index is 1080. The summed E-state index contributed by atoms with van der Waals surface area (Å²) < 4.78 is 1.77. The Balaban J connectivity index is 0.000000277. The third-order valence-electron chi connectivity index (χ3n) is 3.48. The zero-order valence-corrected chi connectivity index (χ0v) is 16.3. The molecule has 0 aliphatic heterocycles. The van der Waals surface area contributed by atoms with Crippen LogP contribution in [-0.4, -0.2) is 59.1 Å². The van der Waals surface area contributed by atoms with E-state index in [-0.39, 0.29) is 17.5 Å². The largest absolute Gasteiger partial charge is 0.391 e. The topological polar surface area (TPSA) is 119 Å². The van der Waals surface area contributed by atoms with Gasteiger partial charge in [-0.3, -0.25) is 24.6 Å². The van der Waals surface area contributed by atoms with Crippen LogP contribution < -0.4 is 16.5 Å². The molecule has 2 heterocycles. The number of aliphatic hydroxyl groups excluding tert-OH is 1. The molecule has 0 saturated carbocycles. The monoisotopic (exact) mass is 459 g/mol. The zero-order valence-electron chi connectivity index (χ0n) is 14.1. The van der Waals surface area contributed by atoms with Crippen LogP contribution in [0.2, 0.25) is 0 Å². The number of hydrogen-bond donors (Lipinski definition) is 4. The van der Waals surface area contributed by atoms with Crippen molar-refractivity contribution < 1.29 is 9.59 Å². The van der Waals surface area contributed by atoms with E-state index in [9.17, 15) is 14.4 Å². The Morgan fingerprint density at radius 1 is 1.08 bits per heavy atom. The second-order valence-corrected chi connectivity index (χ2v) is 7.79. The summed E-state index contributed by atoms with van der Waals surface area (Å²) in [5.41, 5.74) is -1.04. The average Bonchev–Trinajstić information content (AvgIpc) is 2.50. The van der Waals surface area contributed by atoms with Crippen LogP contribution in [0.15, 0.2) is 32.6 Å². The van der Waals surface area contributed by atoms with Crippen molar-refractivity contribution >= 4 is 44.4 Å². The fourth-order valence-corrected chi connectivity index (χ4v) is 2.68. The number of fused-ring (bicyclic) bond motifs is 2. The number of hydrogen-bond acceptors (Lipinski definition) is 4. The molecule has 9 heteroatoms. The van der Waals surface area contributed by atoms with Crippen LogP contribution in [0.3, 0.4) is 0 Å². The molecular formula is C16H20IN4O4+. The summed E-state index contributed by atoms with van der Waals surface area (Å²) in [6.07, 6.45) is 0. The predicted molar refractivity (Wildman–Crippen MR) is 106 cm³/mol. The van der Waals surface area contributed by atoms with Crippen molar-refractivity contribution in [3.8, 4) is 0 Å². The SMILES string of the molecule is C[N+](C)(C)CCO.O=c1[nH][nH]c(=O)c2c(=O)c3ccc(I)cc3[nH]c12. The molecule has 0 radical (unpaired) electrons. The Morgan fingerprint density at radius 2 is 1.72 bits per heavy atom. The normalized spacial score (nSPS) is 11.4. The minimum Gasteiger partial charge on any atom is -0.391 e. The summed E-state index contributed by atoms with van der Waals surface area (Å²) in [4.78, 5) is 38.2. The van der Waals surface area contributed by atoms with Crippen LogP contribution in [0.25, 0.3) is 21.8 Å². The maximum atomic E-state index is 12.2. The van der Waals surface area contributed by atoms with E-state index < -0.39 is 16.5 Å². The van der Waals surface area contributed by atoms with E-state index in [1.807, 2.05) is 0 Å². The van der Waals surface area contributed by atoms with Gasteiger partial charge in [-0.05, 0) is 40.8 Å². The highest BCUT2D eigenvalue weighted by molar-refractivity contribution is 14.1. The van der Waals surface area contributed by atoms with E-state index in [0.29, 0.717) is 10.9 Å². The number of quaternary nitrogens is 1. The number of H-pyrrole nitrogens is 3. The molecule has 0 unspecified atom stereocenters. The summed E-state index contributed by atoms with van der Waals surface area (Å²) >= 11 is 2.10. The lowest BCUT2D eigenvalue weighted by molar-refractivity contribution is -0.870. The second kappa shape index (κ2) is 7.50. The molecule has 0 atom stereocenters. The Morgan fingerprint density at radius 3 is 2.28 bits per heavy atom. The van der Waals surface area contributed by atoms with Crippen LogP contribution in [0.5, 0.6) is 0 Å². The number of halogens is 1. The lowest BCUT2D eigenvalue weighted by atomic mass is 10.1. The molecule has 3 rings (SSSR count). The van der Waals surface area contributed by atoms with Crippen LogP contribution in [0.4, 0.5) is 0 Å². The van der Waals surface area contributed by atoms with E-state index in [0.717, 1.165) is 14.6 Å². The number of rotatable bonds is 2. The predicted octanol–water partition coefficient (Wildman–Crippen LogP) is 0.347. The highest BCUT2D eigenvalue weighted by Crippen LogP contribution is 2.13. The molecular weight excluding hydrogens is 439 g/mol. The molecule has 0 aliphatic rings. The van der Waals surface area contributed by atoms with Gasteiger partial charge in [0.05, 0.1) is 33.3 Å². The van der Waals surface area contributed by atoms with Gasteiger partial charge in [0.25, 0.3) is 11.1 Å². The van der Waals surface area contributed by atoms with Crippen molar-refractivity contribution in [2.75, 3.05) is 34.3 Å². The minimum absolute atomic E-state index is 0.00162. The third-order valence-corrected chi connectivity index (χ3v) is 4.15. The summed E-state index contributed by atoms with van der Waals surface area (Å²) in [7, 11) is 6.16. The second-order valence-electron chi connectivity index (χ2n) is 6.54. The zero-order chi connectivity index (χ0) is 18.8. The van der Waals surface area contributed by atoms with Crippen molar-refractivity contribution in [1.29, 1.82) is 0 Å². The van der Waals surface area contributed by atoms with E-state index in [4.69, 9.17) is 5.11 Å². The quantitative estimate of drug-likeness (QED) is 0.251. The number of aromatic nitrogens is 3. The summed E-state index contributed by atoms with van der Waals surface area (Å²) in [5.74, 6) is 0. The third kappa shape index (κ3) is 4.55. The molecule has 2 aromatic heterocycles. The molecule has 134 valence electrons. The van der Waals surface area contributed by atoms with Gasteiger partial charge in [0, 0.05) is 8.96 Å². The highest BCUT2D eigenvalue weighted by atomic mass is 127. The fourth-order valence-electron chi connectivity index (χ4n) is 2.19. The van der Waals surface area contributed by atoms with Crippen LogP contribution >= 0.6 is 22.6 Å². The lowest BCUT2D eigenvalue weighted by Gasteiger charge is -2.21. The molecule has 0 bridgehead atoms. The van der Waals surface area contributed by atoms with E-state index in [1.54, 1.807) is 18.2 Å². The van der Waals surface area contributed by atoms with Gasteiger partial charge in [-0.25, -0.2) is 0 Å². The molecule has 0 fully saturated rings. The first-order valence-corrected chi connectivity index (χ1v) is 8.59. The molecule has 4 N–H and O–H groups in total. The number of aromatic amines is 3. The van der Waals surface area contributed by atoms with Gasteiger partial charge >= 0.3 is 0 Å². The van der Waals surface area contributed by atoms with Crippen LogP contribution in [0, 0.1) is 3.57 Å².